The zero-order chi connectivity index (χ0) is 15.1. The van der Waals surface area contributed by atoms with E-state index in [4.69, 9.17) is 5.11 Å². The fourth-order valence-corrected chi connectivity index (χ4v) is 2.33. The summed E-state index contributed by atoms with van der Waals surface area (Å²) in [5.74, 6) is 0. The molecule has 0 aliphatic carbocycles. The van der Waals surface area contributed by atoms with Crippen molar-refractivity contribution in [3.05, 3.63) is 54.4 Å². The van der Waals surface area contributed by atoms with Crippen molar-refractivity contribution >= 4 is 0 Å². The Morgan fingerprint density at radius 3 is 2.67 bits per heavy atom. The van der Waals surface area contributed by atoms with E-state index < -0.39 is 0 Å². The van der Waals surface area contributed by atoms with Crippen LogP contribution in [0.2, 0.25) is 0 Å². The van der Waals surface area contributed by atoms with Crippen LogP contribution >= 0.6 is 0 Å². The topological polar surface area (TPSA) is 45.1 Å². The number of aliphatic hydroxyl groups excluding tert-OH is 1. The predicted molar refractivity (Wildman–Crippen MR) is 86.9 cm³/mol. The molecule has 1 aromatic heterocycles. The molecule has 0 saturated heterocycles. The van der Waals surface area contributed by atoms with E-state index in [1.54, 1.807) is 6.20 Å². The molecule has 0 aliphatic heterocycles. The van der Waals surface area contributed by atoms with Gasteiger partial charge in [-0.2, -0.15) is 0 Å². The van der Waals surface area contributed by atoms with E-state index in [-0.39, 0.29) is 12.0 Å². The van der Waals surface area contributed by atoms with E-state index in [9.17, 15) is 0 Å². The molecule has 1 aromatic carbocycles. The third-order valence-corrected chi connectivity index (χ3v) is 3.64. The maximum Gasteiger partial charge on any atom is 0.0436 e. The maximum atomic E-state index is 9.05. The average molecular weight is 284 g/mol. The maximum absolute atomic E-state index is 9.05. The number of pyridine rings is 1. The second-order valence-electron chi connectivity index (χ2n) is 6.18. The quantitative estimate of drug-likeness (QED) is 0.820. The van der Waals surface area contributed by atoms with Crippen molar-refractivity contribution in [2.45, 2.75) is 26.8 Å². The second kappa shape index (κ2) is 7.34. The minimum atomic E-state index is 0.121. The van der Waals surface area contributed by atoms with E-state index in [0.29, 0.717) is 0 Å². The van der Waals surface area contributed by atoms with Crippen LogP contribution in [0.4, 0.5) is 0 Å². The normalized spacial score (nSPS) is 11.6. The van der Waals surface area contributed by atoms with Crippen molar-refractivity contribution in [2.24, 2.45) is 5.41 Å². The van der Waals surface area contributed by atoms with E-state index in [1.165, 1.54) is 11.1 Å². The van der Waals surface area contributed by atoms with Crippen molar-refractivity contribution in [1.29, 1.82) is 0 Å². The van der Waals surface area contributed by atoms with Crippen LogP contribution in [0.3, 0.4) is 0 Å². The Morgan fingerprint density at radius 1 is 1.14 bits per heavy atom. The Balaban J connectivity index is 1.96. The molecule has 0 radical (unpaired) electrons. The molecule has 0 bridgehead atoms. The lowest BCUT2D eigenvalue weighted by molar-refractivity contribution is 0.207. The summed E-state index contributed by atoms with van der Waals surface area (Å²) in [4.78, 5) is 4.17. The van der Waals surface area contributed by atoms with Crippen molar-refractivity contribution in [3.63, 3.8) is 0 Å². The van der Waals surface area contributed by atoms with Gasteiger partial charge >= 0.3 is 0 Å². The van der Waals surface area contributed by atoms with Gasteiger partial charge in [-0.15, -0.1) is 0 Å². The summed E-state index contributed by atoms with van der Waals surface area (Å²) < 4.78 is 0. The highest BCUT2D eigenvalue weighted by Crippen LogP contribution is 2.20. The fourth-order valence-electron chi connectivity index (χ4n) is 2.33. The first-order chi connectivity index (χ1) is 10.1. The van der Waals surface area contributed by atoms with Gasteiger partial charge in [0.25, 0.3) is 0 Å². The standard InChI is InChI=1S/C18H24N2O/c1-18(2,8-10-21)14-20-12-15-5-3-6-16(11-15)17-7-4-9-19-13-17/h3-7,9,11,13,20-21H,8,10,12,14H2,1-2H3. The summed E-state index contributed by atoms with van der Waals surface area (Å²) in [6, 6.07) is 12.5. The highest BCUT2D eigenvalue weighted by molar-refractivity contribution is 5.62. The molecule has 0 spiro atoms. The molecule has 2 aromatic rings. The number of nitrogens with one attached hydrogen (secondary N) is 1. The number of rotatable bonds is 7. The number of nitrogens with zero attached hydrogens (tertiary/aromatic N) is 1. The zero-order valence-corrected chi connectivity index (χ0v) is 12.8. The molecule has 0 aliphatic rings. The van der Waals surface area contributed by atoms with Gasteiger partial charge in [-0.05, 0) is 40.7 Å². The Hall–Kier alpha value is -1.71. The molecule has 0 atom stereocenters. The molecule has 0 amide bonds. The lowest BCUT2D eigenvalue weighted by atomic mass is 9.89. The Labute approximate surface area is 127 Å². The third kappa shape index (κ3) is 4.96. The number of aromatic nitrogens is 1. The lowest BCUT2D eigenvalue weighted by Gasteiger charge is -2.24. The summed E-state index contributed by atoms with van der Waals surface area (Å²) in [7, 11) is 0. The number of benzene rings is 1. The monoisotopic (exact) mass is 284 g/mol. The molecule has 0 unspecified atom stereocenters. The van der Waals surface area contributed by atoms with Gasteiger partial charge < -0.3 is 10.4 Å². The van der Waals surface area contributed by atoms with Crippen LogP contribution < -0.4 is 5.32 Å². The summed E-state index contributed by atoms with van der Waals surface area (Å²) in [6.45, 7) is 6.31. The molecule has 0 saturated carbocycles. The third-order valence-electron chi connectivity index (χ3n) is 3.64. The molecular weight excluding hydrogens is 260 g/mol. The van der Waals surface area contributed by atoms with Gasteiger partial charge in [0.1, 0.15) is 0 Å². The average Bonchev–Trinajstić information content (AvgIpc) is 2.48. The smallest absolute Gasteiger partial charge is 0.0436 e. The van der Waals surface area contributed by atoms with Crippen LogP contribution in [0.1, 0.15) is 25.8 Å². The van der Waals surface area contributed by atoms with E-state index in [1.807, 2.05) is 12.3 Å². The number of hydrogen-bond acceptors (Lipinski definition) is 3. The predicted octanol–water partition coefficient (Wildman–Crippen LogP) is 3.25. The zero-order valence-electron chi connectivity index (χ0n) is 12.8. The molecular formula is C18H24N2O. The minimum Gasteiger partial charge on any atom is -0.396 e. The Morgan fingerprint density at radius 2 is 1.95 bits per heavy atom. The molecule has 1 heterocycles. The largest absolute Gasteiger partial charge is 0.396 e. The van der Waals surface area contributed by atoms with Gasteiger partial charge in [-0.25, -0.2) is 0 Å². The minimum absolute atomic E-state index is 0.121. The molecule has 0 fully saturated rings. The summed E-state index contributed by atoms with van der Waals surface area (Å²) in [6.07, 6.45) is 4.49. The molecule has 112 valence electrons. The van der Waals surface area contributed by atoms with Crippen LogP contribution in [0.5, 0.6) is 0 Å². The summed E-state index contributed by atoms with van der Waals surface area (Å²) in [5, 5.41) is 12.5. The van der Waals surface area contributed by atoms with Gasteiger partial charge in [0.2, 0.25) is 0 Å². The van der Waals surface area contributed by atoms with E-state index in [0.717, 1.165) is 25.1 Å². The highest BCUT2D eigenvalue weighted by Gasteiger charge is 2.16. The fraction of sp³-hybridized carbons (Fsp3) is 0.389. The van der Waals surface area contributed by atoms with Gasteiger partial charge in [-0.3, -0.25) is 4.98 Å². The van der Waals surface area contributed by atoms with Gasteiger partial charge in [-0.1, -0.05) is 38.1 Å². The van der Waals surface area contributed by atoms with Gasteiger partial charge in [0.15, 0.2) is 0 Å². The van der Waals surface area contributed by atoms with Crippen molar-refractivity contribution in [1.82, 2.24) is 10.3 Å². The first-order valence-corrected chi connectivity index (χ1v) is 7.42. The summed E-state index contributed by atoms with van der Waals surface area (Å²) in [5.41, 5.74) is 3.71. The van der Waals surface area contributed by atoms with E-state index >= 15 is 0 Å². The lowest BCUT2D eigenvalue weighted by Crippen LogP contribution is -2.29. The van der Waals surface area contributed by atoms with Crippen LogP contribution in [0.15, 0.2) is 48.8 Å². The Bertz CT molecular complexity index is 552. The first-order valence-electron chi connectivity index (χ1n) is 7.42. The van der Waals surface area contributed by atoms with Crippen LogP contribution in [-0.2, 0) is 6.54 Å². The van der Waals surface area contributed by atoms with Crippen LogP contribution in [-0.4, -0.2) is 23.2 Å². The van der Waals surface area contributed by atoms with E-state index in [2.05, 4.69) is 54.5 Å². The van der Waals surface area contributed by atoms with Crippen molar-refractivity contribution in [3.8, 4) is 11.1 Å². The first kappa shape index (κ1) is 15.7. The Kier molecular flexibility index (Phi) is 5.48. The number of hydrogen-bond donors (Lipinski definition) is 2. The highest BCUT2D eigenvalue weighted by atomic mass is 16.3. The molecule has 2 N–H and O–H groups in total. The molecule has 3 heteroatoms. The van der Waals surface area contributed by atoms with Crippen molar-refractivity contribution < 1.29 is 5.11 Å². The number of aliphatic hydroxyl groups is 1. The van der Waals surface area contributed by atoms with Crippen LogP contribution in [0, 0.1) is 5.41 Å². The van der Waals surface area contributed by atoms with Gasteiger partial charge in [0.05, 0.1) is 0 Å². The van der Waals surface area contributed by atoms with Crippen LogP contribution in [0.25, 0.3) is 11.1 Å². The molecule has 3 nitrogen and oxygen atoms in total. The molecule has 2 rings (SSSR count). The second-order valence-corrected chi connectivity index (χ2v) is 6.18. The van der Waals surface area contributed by atoms with Crippen molar-refractivity contribution in [2.75, 3.05) is 13.2 Å². The molecule has 21 heavy (non-hydrogen) atoms. The summed E-state index contributed by atoms with van der Waals surface area (Å²) >= 11 is 0. The SMILES string of the molecule is CC(C)(CCO)CNCc1cccc(-c2cccnc2)c1. The van der Waals surface area contributed by atoms with Gasteiger partial charge in [0, 0.05) is 32.1 Å².